The van der Waals surface area contributed by atoms with E-state index in [4.69, 9.17) is 10.7 Å². The average molecular weight is 260 g/mol. The van der Waals surface area contributed by atoms with Gasteiger partial charge in [0.1, 0.15) is 5.25 Å². The highest BCUT2D eigenvalue weighted by Gasteiger charge is 2.38. The molecule has 4 nitrogen and oxygen atoms in total. The summed E-state index contributed by atoms with van der Waals surface area (Å²) in [6.07, 6.45) is 0. The molecule has 0 N–H and O–H groups in total. The van der Waals surface area contributed by atoms with Gasteiger partial charge in [0.05, 0.1) is 0 Å². The van der Waals surface area contributed by atoms with Crippen LogP contribution >= 0.6 is 10.7 Å². The number of benzene rings is 1. The molecule has 0 bridgehead atoms. The molecule has 0 spiro atoms. The van der Waals surface area contributed by atoms with Gasteiger partial charge in [-0.2, -0.15) is 0 Å². The first-order valence-electron chi connectivity index (χ1n) is 4.76. The third kappa shape index (κ3) is 2.20. The van der Waals surface area contributed by atoms with Crippen LogP contribution in [0.1, 0.15) is 10.4 Å². The maximum atomic E-state index is 11.8. The van der Waals surface area contributed by atoms with E-state index >= 15 is 0 Å². The minimum Gasteiger partial charge on any atom is -0.336 e. The molecule has 1 heterocycles. The van der Waals surface area contributed by atoms with E-state index in [9.17, 15) is 13.2 Å². The van der Waals surface area contributed by atoms with Gasteiger partial charge in [0, 0.05) is 29.3 Å². The summed E-state index contributed by atoms with van der Waals surface area (Å²) in [4.78, 5) is 13.3. The molecule has 6 heteroatoms. The molecule has 1 aromatic rings. The van der Waals surface area contributed by atoms with Crippen molar-refractivity contribution in [2.24, 2.45) is 0 Å². The van der Waals surface area contributed by atoms with Crippen molar-refractivity contribution in [3.63, 3.8) is 0 Å². The Morgan fingerprint density at radius 1 is 1.25 bits per heavy atom. The summed E-state index contributed by atoms with van der Waals surface area (Å²) in [5.41, 5.74) is 0.563. The molecule has 1 fully saturated rings. The molecule has 16 heavy (non-hydrogen) atoms. The van der Waals surface area contributed by atoms with Crippen molar-refractivity contribution < 1.29 is 13.2 Å². The molecular weight excluding hydrogens is 250 g/mol. The number of rotatable bonds is 2. The Morgan fingerprint density at radius 2 is 1.81 bits per heavy atom. The van der Waals surface area contributed by atoms with Crippen LogP contribution in [0.3, 0.4) is 0 Å². The number of halogens is 1. The van der Waals surface area contributed by atoms with Gasteiger partial charge in [-0.1, -0.05) is 18.2 Å². The van der Waals surface area contributed by atoms with Crippen molar-refractivity contribution in [1.82, 2.24) is 4.90 Å². The Kier molecular flexibility index (Phi) is 2.90. The normalized spacial score (nSPS) is 16.9. The second-order valence-electron chi connectivity index (χ2n) is 3.67. The average Bonchev–Trinajstić information content (AvgIpc) is 2.14. The summed E-state index contributed by atoms with van der Waals surface area (Å²) in [5.74, 6) is -0.155. The smallest absolute Gasteiger partial charge is 0.253 e. The Morgan fingerprint density at radius 3 is 2.31 bits per heavy atom. The van der Waals surface area contributed by atoms with Crippen molar-refractivity contribution in [3.8, 4) is 0 Å². The van der Waals surface area contributed by atoms with E-state index in [0.717, 1.165) is 0 Å². The van der Waals surface area contributed by atoms with E-state index in [2.05, 4.69) is 0 Å². The summed E-state index contributed by atoms with van der Waals surface area (Å²) in [6, 6.07) is 8.75. The fraction of sp³-hybridized carbons (Fsp3) is 0.300. The first-order valence-corrected chi connectivity index (χ1v) is 7.13. The minimum absolute atomic E-state index is 0.155. The number of amides is 1. The molecule has 1 saturated heterocycles. The largest absolute Gasteiger partial charge is 0.336 e. The molecule has 86 valence electrons. The van der Waals surface area contributed by atoms with Crippen LogP contribution in [0, 0.1) is 0 Å². The maximum absolute atomic E-state index is 11.8. The van der Waals surface area contributed by atoms with Crippen molar-refractivity contribution in [2.45, 2.75) is 5.25 Å². The zero-order valence-corrected chi connectivity index (χ0v) is 9.91. The van der Waals surface area contributed by atoms with Gasteiger partial charge in [0.2, 0.25) is 9.05 Å². The lowest BCUT2D eigenvalue weighted by Crippen LogP contribution is -2.55. The van der Waals surface area contributed by atoms with Crippen LogP contribution in [0.5, 0.6) is 0 Å². The van der Waals surface area contributed by atoms with Gasteiger partial charge >= 0.3 is 0 Å². The standard InChI is InChI=1S/C10H10ClNO3S/c11-16(14,15)9-6-12(7-9)10(13)8-4-2-1-3-5-8/h1-5,9H,6-7H2. The van der Waals surface area contributed by atoms with E-state index in [1.54, 1.807) is 24.3 Å². The minimum atomic E-state index is -3.54. The van der Waals surface area contributed by atoms with Crippen LogP contribution in [-0.4, -0.2) is 37.6 Å². The molecular formula is C10H10ClNO3S. The number of hydrogen-bond donors (Lipinski definition) is 0. The second-order valence-corrected chi connectivity index (χ2v) is 6.58. The van der Waals surface area contributed by atoms with Gasteiger partial charge in [-0.3, -0.25) is 4.79 Å². The fourth-order valence-corrected chi connectivity index (χ4v) is 2.60. The number of carbonyl (C=O) groups is 1. The van der Waals surface area contributed by atoms with Crippen LogP contribution in [0.25, 0.3) is 0 Å². The predicted octanol–water partition coefficient (Wildman–Crippen LogP) is 1.08. The molecule has 0 unspecified atom stereocenters. The Hall–Kier alpha value is -1.07. The molecule has 2 rings (SSSR count). The molecule has 1 amide bonds. The third-order valence-corrected chi connectivity index (χ3v) is 4.40. The van der Waals surface area contributed by atoms with Gasteiger partial charge in [0.15, 0.2) is 0 Å². The van der Waals surface area contributed by atoms with Crippen molar-refractivity contribution in [2.75, 3.05) is 13.1 Å². The van der Waals surface area contributed by atoms with Gasteiger partial charge < -0.3 is 4.90 Å². The summed E-state index contributed by atoms with van der Waals surface area (Å²) in [6.45, 7) is 0.360. The molecule has 0 aliphatic carbocycles. The highest BCUT2D eigenvalue weighted by atomic mass is 35.7. The molecule has 0 radical (unpaired) electrons. The van der Waals surface area contributed by atoms with E-state index in [1.807, 2.05) is 6.07 Å². The van der Waals surface area contributed by atoms with E-state index in [0.29, 0.717) is 5.56 Å². The van der Waals surface area contributed by atoms with Gasteiger partial charge in [-0.15, -0.1) is 0 Å². The first kappa shape index (κ1) is 11.4. The van der Waals surface area contributed by atoms with Gasteiger partial charge in [-0.05, 0) is 12.1 Å². The summed E-state index contributed by atoms with van der Waals surface area (Å²) in [7, 11) is 1.65. The highest BCUT2D eigenvalue weighted by Crippen LogP contribution is 2.21. The van der Waals surface area contributed by atoms with Gasteiger partial charge in [0.25, 0.3) is 5.91 Å². The van der Waals surface area contributed by atoms with E-state index in [-0.39, 0.29) is 19.0 Å². The Bertz CT molecular complexity index is 494. The van der Waals surface area contributed by atoms with Crippen molar-refractivity contribution in [3.05, 3.63) is 35.9 Å². The zero-order chi connectivity index (χ0) is 11.8. The number of nitrogens with zero attached hydrogens (tertiary/aromatic N) is 1. The number of carbonyl (C=O) groups excluding carboxylic acids is 1. The van der Waals surface area contributed by atoms with Crippen LogP contribution < -0.4 is 0 Å². The monoisotopic (exact) mass is 259 g/mol. The fourth-order valence-electron chi connectivity index (χ4n) is 1.55. The van der Waals surface area contributed by atoms with Gasteiger partial charge in [-0.25, -0.2) is 8.42 Å². The second kappa shape index (κ2) is 4.07. The number of hydrogen-bond acceptors (Lipinski definition) is 3. The van der Waals surface area contributed by atoms with E-state index in [1.165, 1.54) is 4.90 Å². The first-order chi connectivity index (χ1) is 7.48. The lowest BCUT2D eigenvalue weighted by Gasteiger charge is -2.37. The van der Waals surface area contributed by atoms with Crippen LogP contribution in [0.4, 0.5) is 0 Å². The van der Waals surface area contributed by atoms with Crippen molar-refractivity contribution in [1.29, 1.82) is 0 Å². The van der Waals surface area contributed by atoms with Crippen LogP contribution in [0.15, 0.2) is 30.3 Å². The molecule has 1 aromatic carbocycles. The molecule has 1 aliphatic rings. The molecule has 1 aliphatic heterocycles. The molecule has 0 saturated carbocycles. The SMILES string of the molecule is O=C(c1ccccc1)N1CC(S(=O)(=O)Cl)C1. The maximum Gasteiger partial charge on any atom is 0.253 e. The third-order valence-electron chi connectivity index (χ3n) is 2.55. The highest BCUT2D eigenvalue weighted by molar-refractivity contribution is 8.14. The summed E-state index contributed by atoms with van der Waals surface area (Å²) in [5, 5.41) is -0.623. The predicted molar refractivity (Wildman–Crippen MR) is 60.9 cm³/mol. The van der Waals surface area contributed by atoms with Crippen molar-refractivity contribution >= 4 is 25.6 Å². The molecule has 0 atom stereocenters. The lowest BCUT2D eigenvalue weighted by atomic mass is 10.1. The van der Waals surface area contributed by atoms with Crippen LogP contribution in [-0.2, 0) is 9.05 Å². The summed E-state index contributed by atoms with van der Waals surface area (Å²) < 4.78 is 21.9. The topological polar surface area (TPSA) is 54.5 Å². The Balaban J connectivity index is 2.01. The summed E-state index contributed by atoms with van der Waals surface area (Å²) >= 11 is 0. The number of likely N-dealkylation sites (tertiary alicyclic amines) is 1. The van der Waals surface area contributed by atoms with Crippen LogP contribution in [0.2, 0.25) is 0 Å². The Labute approximate surface area is 98.2 Å². The lowest BCUT2D eigenvalue weighted by molar-refractivity contribution is 0.0660. The quantitative estimate of drug-likeness (QED) is 0.747. The zero-order valence-electron chi connectivity index (χ0n) is 8.34. The van der Waals surface area contributed by atoms with E-state index < -0.39 is 14.3 Å². The molecule has 0 aromatic heterocycles.